The number of hydrogen-bond donors (Lipinski definition) is 0. The van der Waals surface area contributed by atoms with Crippen LogP contribution in [0.1, 0.15) is 94.8 Å². The van der Waals surface area contributed by atoms with Crippen LogP contribution in [0.3, 0.4) is 0 Å². The monoisotopic (exact) mass is 748 g/mol. The molecule has 0 spiro atoms. The van der Waals surface area contributed by atoms with Gasteiger partial charge in [-0.15, -0.1) is 24.8 Å². The molecule has 1 aliphatic heterocycles. The third-order valence-corrected chi connectivity index (χ3v) is 35.9. The normalized spacial score (nSPS) is 27.3. The van der Waals surface area contributed by atoms with Crippen LogP contribution in [0.2, 0.25) is 7.35 Å². The second-order valence-corrected chi connectivity index (χ2v) is 29.5. The Morgan fingerprint density at radius 3 is 1.46 bits per heavy atom. The van der Waals surface area contributed by atoms with Gasteiger partial charge in [-0.05, 0) is 0 Å². The molecule has 0 aromatic heterocycles. The molecule has 0 nitrogen and oxygen atoms in total. The Hall–Kier alpha value is -1.67. The molecule has 2 fully saturated rings. The molecule has 3 heteroatoms. The van der Waals surface area contributed by atoms with Gasteiger partial charge in [0.2, 0.25) is 0 Å². The molecule has 8 rings (SSSR count). The van der Waals surface area contributed by atoms with Crippen molar-refractivity contribution in [2.45, 2.75) is 79.9 Å². The fourth-order valence-corrected chi connectivity index (χ4v) is 45.2. The molecule has 1 saturated carbocycles. The van der Waals surface area contributed by atoms with Crippen molar-refractivity contribution in [1.29, 1.82) is 0 Å². The molecule has 212 valence electrons. The summed E-state index contributed by atoms with van der Waals surface area (Å²) in [5.41, 5.74) is 10.3. The van der Waals surface area contributed by atoms with E-state index in [1.54, 1.807) is 22.3 Å². The number of fused-ring (bicyclic) bond motifs is 7. The minimum Gasteiger partial charge on any atom is -0.147 e. The first-order valence-electron chi connectivity index (χ1n) is 15.7. The molecule has 0 bridgehead atoms. The van der Waals surface area contributed by atoms with E-state index >= 15 is 0 Å². The molecule has 4 atom stereocenters. The van der Waals surface area contributed by atoms with E-state index in [0.29, 0.717) is 0 Å². The molecular formula is C38H42Cl2Hf. The van der Waals surface area contributed by atoms with Crippen LogP contribution in [0.4, 0.5) is 0 Å². The minimum absolute atomic E-state index is 0. The quantitative estimate of drug-likeness (QED) is 0.172. The Labute approximate surface area is 262 Å². The fraction of sp³-hybridized carbons (Fsp3) is 0.368. The van der Waals surface area contributed by atoms with Crippen LogP contribution in [0.5, 0.6) is 0 Å². The summed E-state index contributed by atoms with van der Waals surface area (Å²) in [5, 5.41) is 5.79. The molecule has 0 amide bonds. The summed E-state index contributed by atoms with van der Waals surface area (Å²) in [6, 6.07) is 28.4. The van der Waals surface area contributed by atoms with Gasteiger partial charge >= 0.3 is 240 Å². The maximum Gasteiger partial charge on any atom is -0.147 e. The maximum atomic E-state index is 2.71. The van der Waals surface area contributed by atoms with Gasteiger partial charge in [0.25, 0.3) is 0 Å². The fourth-order valence-electron chi connectivity index (χ4n) is 9.82. The van der Waals surface area contributed by atoms with Gasteiger partial charge in [0.05, 0.1) is 0 Å². The van der Waals surface area contributed by atoms with Crippen molar-refractivity contribution >= 4 is 58.5 Å². The smallest absolute Gasteiger partial charge is 0.147 e. The van der Waals surface area contributed by atoms with Crippen LogP contribution >= 0.6 is 24.8 Å². The Bertz CT molecular complexity index is 1560. The van der Waals surface area contributed by atoms with Crippen LogP contribution in [0.25, 0.3) is 33.7 Å². The molecule has 4 unspecified atom stereocenters. The van der Waals surface area contributed by atoms with E-state index in [9.17, 15) is 0 Å². The zero-order valence-corrected chi connectivity index (χ0v) is 29.6. The van der Waals surface area contributed by atoms with E-state index in [1.165, 1.54) is 72.9 Å². The van der Waals surface area contributed by atoms with Crippen molar-refractivity contribution in [2.24, 2.45) is 0 Å². The van der Waals surface area contributed by atoms with Crippen molar-refractivity contribution in [3.63, 3.8) is 0 Å². The zero-order valence-electron chi connectivity index (χ0n) is 24.4. The molecule has 1 saturated heterocycles. The SMILES string of the molecule is CCCC1=Cc2c(ccc3ccccc23)[CH]1[Hf]1([CH]2C(CCC)=Cc3c2ccc2ccccc32)[CH]2CCCC[CH]21.Cl.Cl. The van der Waals surface area contributed by atoms with Gasteiger partial charge in [-0.1, -0.05) is 0 Å². The van der Waals surface area contributed by atoms with Gasteiger partial charge in [0.15, 0.2) is 0 Å². The number of allylic oxidation sites excluding steroid dienone is 2. The summed E-state index contributed by atoms with van der Waals surface area (Å²) in [6.07, 6.45) is 16.5. The van der Waals surface area contributed by atoms with Gasteiger partial charge in [0.1, 0.15) is 0 Å². The summed E-state index contributed by atoms with van der Waals surface area (Å²) >= 11 is -3.07. The van der Waals surface area contributed by atoms with E-state index < -0.39 is 20.0 Å². The standard InChI is InChI=1S/2C16H15.C6H10.2ClH.Hf/c2*1-2-5-12-10-14-9-8-13-6-3-4-7-15(13)16(14)11-12;1-2-4-6-5-3-1;;;/h2*3-4,6-11H,2,5H2,1H3;1-2H,3-6H2;2*1H;. The average molecular weight is 748 g/mol. The summed E-state index contributed by atoms with van der Waals surface area (Å²) in [6.45, 7) is 4.81. The Morgan fingerprint density at radius 1 is 0.585 bits per heavy atom. The predicted octanol–water partition coefficient (Wildman–Crippen LogP) is 12.3. The molecule has 0 radical (unpaired) electrons. The van der Waals surface area contributed by atoms with Crippen molar-refractivity contribution in [1.82, 2.24) is 0 Å². The number of hydrogen-bond acceptors (Lipinski definition) is 0. The van der Waals surface area contributed by atoms with E-state index in [-0.39, 0.29) is 24.8 Å². The first-order valence-corrected chi connectivity index (χ1v) is 24.0. The van der Waals surface area contributed by atoms with Gasteiger partial charge in [0, 0.05) is 0 Å². The molecular weight excluding hydrogens is 706 g/mol. The van der Waals surface area contributed by atoms with E-state index in [4.69, 9.17) is 0 Å². The van der Waals surface area contributed by atoms with E-state index in [1.807, 2.05) is 11.1 Å². The Morgan fingerprint density at radius 2 is 1.02 bits per heavy atom. The van der Waals surface area contributed by atoms with Gasteiger partial charge in [-0.25, -0.2) is 0 Å². The summed E-state index contributed by atoms with van der Waals surface area (Å²) in [5.74, 6) is 0. The first kappa shape index (κ1) is 29.4. The number of benzene rings is 4. The predicted molar refractivity (Wildman–Crippen MR) is 180 cm³/mol. The largest absolute Gasteiger partial charge is 0.147 e. The molecule has 1 heterocycles. The molecule has 3 aliphatic carbocycles. The van der Waals surface area contributed by atoms with E-state index in [0.717, 1.165) is 14.7 Å². The van der Waals surface area contributed by atoms with Crippen molar-refractivity contribution in [3.05, 3.63) is 106 Å². The molecule has 4 aliphatic rings. The number of halogens is 2. The zero-order chi connectivity index (χ0) is 26.1. The second-order valence-electron chi connectivity index (χ2n) is 12.9. The summed E-state index contributed by atoms with van der Waals surface area (Å²) in [4.78, 5) is 0. The van der Waals surface area contributed by atoms with Gasteiger partial charge < -0.3 is 0 Å². The third-order valence-electron chi connectivity index (χ3n) is 11.1. The molecule has 41 heavy (non-hydrogen) atoms. The van der Waals surface area contributed by atoms with Crippen molar-refractivity contribution < 1.29 is 20.0 Å². The second kappa shape index (κ2) is 11.4. The van der Waals surface area contributed by atoms with Crippen LogP contribution in [0.15, 0.2) is 83.9 Å². The molecule has 4 aromatic carbocycles. The first-order chi connectivity index (χ1) is 19.3. The van der Waals surface area contributed by atoms with E-state index in [2.05, 4.69) is 98.8 Å². The molecule has 0 N–H and O–H groups in total. The van der Waals surface area contributed by atoms with Crippen LogP contribution < -0.4 is 0 Å². The average Bonchev–Trinajstić information content (AvgIpc) is 3.26. The van der Waals surface area contributed by atoms with Crippen LogP contribution in [0, 0.1) is 0 Å². The summed E-state index contributed by atoms with van der Waals surface area (Å²) in [7, 11) is 0. The van der Waals surface area contributed by atoms with Crippen molar-refractivity contribution in [2.75, 3.05) is 0 Å². The summed E-state index contributed by atoms with van der Waals surface area (Å²) < 4.78 is 3.67. The maximum absolute atomic E-state index is 3.07. The van der Waals surface area contributed by atoms with Crippen molar-refractivity contribution in [3.8, 4) is 0 Å². The molecule has 4 aromatic rings. The Kier molecular flexibility index (Phi) is 8.20. The number of rotatable bonds is 6. The van der Waals surface area contributed by atoms with Gasteiger partial charge in [-0.2, -0.15) is 0 Å². The van der Waals surface area contributed by atoms with Crippen LogP contribution in [-0.2, 0) is 20.0 Å². The minimum atomic E-state index is -3.07. The van der Waals surface area contributed by atoms with Gasteiger partial charge in [-0.3, -0.25) is 0 Å². The van der Waals surface area contributed by atoms with Crippen LogP contribution in [-0.4, -0.2) is 0 Å². The Balaban J connectivity index is 0.00000151. The third kappa shape index (κ3) is 4.23. The topological polar surface area (TPSA) is 0 Å².